The molecule has 0 aromatic heterocycles. The lowest BCUT2D eigenvalue weighted by Gasteiger charge is -2.14. The highest BCUT2D eigenvalue weighted by molar-refractivity contribution is 9.10. The van der Waals surface area contributed by atoms with Crippen molar-refractivity contribution in [1.29, 1.82) is 0 Å². The molecule has 1 amide bonds. The number of halogens is 1. The Kier molecular flexibility index (Phi) is 8.99. The summed E-state index contributed by atoms with van der Waals surface area (Å²) < 4.78 is 17.8. The number of benzene rings is 2. The van der Waals surface area contributed by atoms with Gasteiger partial charge in [-0.05, 0) is 67.3 Å². The molecule has 6 nitrogen and oxygen atoms in total. The molecule has 156 valence electrons. The smallest absolute Gasteiger partial charge is 0.277 e. The fourth-order valence-electron chi connectivity index (χ4n) is 2.60. The van der Waals surface area contributed by atoms with Crippen LogP contribution in [0.1, 0.15) is 44.7 Å². The lowest BCUT2D eigenvalue weighted by atomic mass is 10.0. The Morgan fingerprint density at radius 3 is 2.41 bits per heavy atom. The maximum absolute atomic E-state index is 12.1. The third-order valence-electron chi connectivity index (χ3n) is 3.92. The number of amides is 1. The Morgan fingerprint density at radius 1 is 1.03 bits per heavy atom. The fraction of sp³-hybridized carbons (Fsp3) is 0.364. The number of ether oxygens (including phenoxy) is 3. The highest BCUT2D eigenvalue weighted by atomic mass is 79.9. The van der Waals surface area contributed by atoms with Crippen molar-refractivity contribution in [2.45, 2.75) is 33.6 Å². The number of rotatable bonds is 10. The van der Waals surface area contributed by atoms with Gasteiger partial charge in [0.1, 0.15) is 5.75 Å². The van der Waals surface area contributed by atoms with Crippen LogP contribution >= 0.6 is 15.9 Å². The van der Waals surface area contributed by atoms with E-state index in [2.05, 4.69) is 40.3 Å². The largest absolute Gasteiger partial charge is 0.490 e. The van der Waals surface area contributed by atoms with Crippen LogP contribution in [0.4, 0.5) is 0 Å². The van der Waals surface area contributed by atoms with Crippen molar-refractivity contribution in [2.75, 3.05) is 19.8 Å². The monoisotopic (exact) mass is 462 g/mol. The first-order valence-electron chi connectivity index (χ1n) is 9.58. The van der Waals surface area contributed by atoms with E-state index in [0.717, 1.165) is 15.6 Å². The number of carbonyl (C=O) groups excluding carboxylic acids is 1. The Hall–Kier alpha value is -2.54. The van der Waals surface area contributed by atoms with Crippen LogP contribution in [-0.4, -0.2) is 31.9 Å². The van der Waals surface area contributed by atoms with Crippen molar-refractivity contribution in [3.05, 3.63) is 52.0 Å². The summed E-state index contributed by atoms with van der Waals surface area (Å²) >= 11 is 3.46. The first kappa shape index (κ1) is 22.7. The van der Waals surface area contributed by atoms with Crippen molar-refractivity contribution >= 4 is 28.1 Å². The van der Waals surface area contributed by atoms with Gasteiger partial charge in [0.2, 0.25) is 0 Å². The average molecular weight is 463 g/mol. The highest BCUT2D eigenvalue weighted by Crippen LogP contribution is 2.29. The Morgan fingerprint density at radius 2 is 1.72 bits per heavy atom. The molecule has 2 aromatic rings. The van der Waals surface area contributed by atoms with Crippen LogP contribution in [0.2, 0.25) is 0 Å². The molecule has 0 fully saturated rings. The number of carbonyl (C=O) groups is 1. The SMILES string of the molecule is CCOc1ccc(/C=N/NC(=O)COc2ccc(Br)cc2C(C)C)cc1OCC. The molecule has 0 aliphatic carbocycles. The lowest BCUT2D eigenvalue weighted by molar-refractivity contribution is -0.123. The second kappa shape index (κ2) is 11.5. The molecule has 1 N–H and O–H groups in total. The zero-order valence-electron chi connectivity index (χ0n) is 17.2. The zero-order chi connectivity index (χ0) is 21.2. The van der Waals surface area contributed by atoms with Crippen LogP contribution in [0.25, 0.3) is 0 Å². The molecular formula is C22H27BrN2O4. The van der Waals surface area contributed by atoms with Crippen LogP contribution in [0.5, 0.6) is 17.2 Å². The predicted octanol–water partition coefficient (Wildman–Crippen LogP) is 4.90. The number of hydrazone groups is 1. The van der Waals surface area contributed by atoms with E-state index < -0.39 is 0 Å². The van der Waals surface area contributed by atoms with Crippen LogP contribution in [0.3, 0.4) is 0 Å². The van der Waals surface area contributed by atoms with E-state index in [9.17, 15) is 4.79 Å². The van der Waals surface area contributed by atoms with E-state index in [1.165, 1.54) is 0 Å². The second-order valence-corrected chi connectivity index (χ2v) is 7.41. The standard InChI is InChI=1S/C22H27BrN2O4/c1-5-27-20-9-7-16(11-21(20)28-6-2)13-24-25-22(26)14-29-19-10-8-17(23)12-18(19)15(3)4/h7-13,15H,5-6,14H2,1-4H3,(H,25,26)/b24-13+. The molecule has 7 heteroatoms. The van der Waals surface area contributed by atoms with Gasteiger partial charge in [0.15, 0.2) is 18.1 Å². The summed E-state index contributed by atoms with van der Waals surface area (Å²) in [7, 11) is 0. The molecule has 29 heavy (non-hydrogen) atoms. The van der Waals surface area contributed by atoms with Crippen molar-refractivity contribution < 1.29 is 19.0 Å². The van der Waals surface area contributed by atoms with E-state index in [-0.39, 0.29) is 18.4 Å². The van der Waals surface area contributed by atoms with Gasteiger partial charge < -0.3 is 14.2 Å². The van der Waals surface area contributed by atoms with E-state index in [1.807, 2.05) is 50.2 Å². The van der Waals surface area contributed by atoms with E-state index in [0.29, 0.717) is 30.5 Å². The summed E-state index contributed by atoms with van der Waals surface area (Å²) in [5.74, 6) is 1.96. The molecule has 0 spiro atoms. The fourth-order valence-corrected chi connectivity index (χ4v) is 2.98. The summed E-state index contributed by atoms with van der Waals surface area (Å²) in [6.45, 7) is 8.95. The van der Waals surface area contributed by atoms with Crippen LogP contribution in [0.15, 0.2) is 46.0 Å². The molecule has 0 aliphatic heterocycles. The first-order valence-corrected chi connectivity index (χ1v) is 10.4. The van der Waals surface area contributed by atoms with Gasteiger partial charge >= 0.3 is 0 Å². The summed E-state index contributed by atoms with van der Waals surface area (Å²) in [5, 5.41) is 3.99. The molecule has 0 saturated heterocycles. The molecule has 0 aliphatic rings. The molecular weight excluding hydrogens is 436 g/mol. The predicted molar refractivity (Wildman–Crippen MR) is 118 cm³/mol. The van der Waals surface area contributed by atoms with Crippen LogP contribution in [0, 0.1) is 0 Å². The van der Waals surface area contributed by atoms with Gasteiger partial charge in [-0.1, -0.05) is 29.8 Å². The first-order chi connectivity index (χ1) is 13.9. The van der Waals surface area contributed by atoms with Gasteiger partial charge in [-0.25, -0.2) is 5.43 Å². The van der Waals surface area contributed by atoms with Crippen molar-refractivity contribution in [2.24, 2.45) is 5.10 Å². The molecule has 0 saturated carbocycles. The van der Waals surface area contributed by atoms with Crippen molar-refractivity contribution in [3.8, 4) is 17.2 Å². The molecule has 0 unspecified atom stereocenters. The molecule has 0 atom stereocenters. The van der Waals surface area contributed by atoms with Gasteiger partial charge in [0, 0.05) is 4.47 Å². The summed E-state index contributed by atoms with van der Waals surface area (Å²) in [5.41, 5.74) is 4.30. The number of nitrogens with one attached hydrogen (secondary N) is 1. The van der Waals surface area contributed by atoms with E-state index in [1.54, 1.807) is 6.21 Å². The van der Waals surface area contributed by atoms with Gasteiger partial charge in [-0.2, -0.15) is 5.10 Å². The third kappa shape index (κ3) is 7.09. The van der Waals surface area contributed by atoms with Gasteiger partial charge in [-0.15, -0.1) is 0 Å². The zero-order valence-corrected chi connectivity index (χ0v) is 18.8. The molecule has 2 aromatic carbocycles. The Labute approximate surface area is 180 Å². The van der Waals surface area contributed by atoms with Crippen LogP contribution < -0.4 is 19.6 Å². The summed E-state index contributed by atoms with van der Waals surface area (Å²) in [6, 6.07) is 11.2. The van der Waals surface area contributed by atoms with Gasteiger partial charge in [0.25, 0.3) is 5.91 Å². The minimum atomic E-state index is -0.338. The molecule has 2 rings (SSSR count). The van der Waals surface area contributed by atoms with Crippen LogP contribution in [-0.2, 0) is 4.79 Å². The van der Waals surface area contributed by atoms with Gasteiger partial charge in [-0.3, -0.25) is 4.79 Å². The normalized spacial score (nSPS) is 11.0. The molecule has 0 heterocycles. The maximum atomic E-state index is 12.1. The second-order valence-electron chi connectivity index (χ2n) is 6.49. The Balaban J connectivity index is 1.94. The molecule has 0 radical (unpaired) electrons. The van der Waals surface area contributed by atoms with E-state index in [4.69, 9.17) is 14.2 Å². The van der Waals surface area contributed by atoms with Crippen molar-refractivity contribution in [1.82, 2.24) is 5.43 Å². The minimum absolute atomic E-state index is 0.119. The number of hydrogen-bond acceptors (Lipinski definition) is 5. The quantitative estimate of drug-likeness (QED) is 0.402. The molecule has 0 bridgehead atoms. The topological polar surface area (TPSA) is 69.2 Å². The summed E-state index contributed by atoms with van der Waals surface area (Å²) in [4.78, 5) is 12.1. The van der Waals surface area contributed by atoms with Gasteiger partial charge in [0.05, 0.1) is 19.4 Å². The van der Waals surface area contributed by atoms with E-state index >= 15 is 0 Å². The number of hydrogen-bond donors (Lipinski definition) is 1. The Bertz CT molecular complexity index is 853. The maximum Gasteiger partial charge on any atom is 0.277 e. The minimum Gasteiger partial charge on any atom is -0.490 e. The van der Waals surface area contributed by atoms with Crippen molar-refractivity contribution in [3.63, 3.8) is 0 Å². The lowest BCUT2D eigenvalue weighted by Crippen LogP contribution is -2.24. The number of nitrogens with zero attached hydrogens (tertiary/aromatic N) is 1. The third-order valence-corrected chi connectivity index (χ3v) is 4.42. The highest BCUT2D eigenvalue weighted by Gasteiger charge is 2.10. The average Bonchev–Trinajstić information content (AvgIpc) is 2.69. The summed E-state index contributed by atoms with van der Waals surface area (Å²) in [6.07, 6.45) is 1.55.